The Balaban J connectivity index is 1.76. The van der Waals surface area contributed by atoms with Crippen LogP contribution < -0.4 is 21.3 Å². The van der Waals surface area contributed by atoms with Gasteiger partial charge in [0, 0.05) is 31.2 Å². The van der Waals surface area contributed by atoms with Crippen LogP contribution in [0.3, 0.4) is 0 Å². The van der Waals surface area contributed by atoms with Gasteiger partial charge in [0.1, 0.15) is 5.60 Å². The molecule has 0 bridgehead atoms. The molecule has 2 amide bonds. The maximum atomic E-state index is 12.1. The first-order chi connectivity index (χ1) is 14.8. The second-order valence-electron chi connectivity index (χ2n) is 8.72. The molecular weight excluding hydrogens is 394 g/mol. The van der Waals surface area contributed by atoms with Gasteiger partial charge in [-0.25, -0.2) is 9.79 Å². The van der Waals surface area contributed by atoms with Crippen molar-refractivity contribution in [2.75, 3.05) is 25.0 Å². The lowest BCUT2D eigenvalue weighted by Crippen LogP contribution is -2.39. The monoisotopic (exact) mass is 431 g/mol. The molecule has 8 nitrogen and oxygen atoms in total. The predicted molar refractivity (Wildman–Crippen MR) is 124 cm³/mol. The van der Waals surface area contributed by atoms with Crippen LogP contribution in [0.15, 0.2) is 29.3 Å². The van der Waals surface area contributed by atoms with Crippen LogP contribution in [-0.4, -0.2) is 43.2 Å². The smallest absolute Gasteiger partial charge is 0.407 e. The highest BCUT2D eigenvalue weighted by Crippen LogP contribution is 2.27. The lowest BCUT2D eigenvalue weighted by molar-refractivity contribution is -0.122. The topological polar surface area (TPSA) is 104 Å². The van der Waals surface area contributed by atoms with E-state index in [0.717, 1.165) is 43.5 Å². The Kier molecular flexibility index (Phi) is 9.62. The molecule has 1 saturated carbocycles. The highest BCUT2D eigenvalue weighted by molar-refractivity contribution is 5.93. The van der Waals surface area contributed by atoms with Crippen molar-refractivity contribution in [3.05, 3.63) is 29.8 Å². The Morgan fingerprint density at radius 1 is 1.13 bits per heavy atom. The molecule has 31 heavy (non-hydrogen) atoms. The van der Waals surface area contributed by atoms with Crippen molar-refractivity contribution in [3.63, 3.8) is 0 Å². The zero-order chi connectivity index (χ0) is 22.7. The first-order valence-corrected chi connectivity index (χ1v) is 11.2. The molecule has 1 aliphatic rings. The second kappa shape index (κ2) is 12.2. The third kappa shape index (κ3) is 9.72. The van der Waals surface area contributed by atoms with Crippen LogP contribution in [0.4, 0.5) is 10.5 Å². The van der Waals surface area contributed by atoms with Crippen molar-refractivity contribution >= 4 is 23.6 Å². The minimum absolute atomic E-state index is 0.113. The zero-order valence-electron chi connectivity index (χ0n) is 19.2. The number of amides is 2. The van der Waals surface area contributed by atoms with E-state index in [1.54, 1.807) is 0 Å². The summed E-state index contributed by atoms with van der Waals surface area (Å²) in [6.45, 7) is 9.96. The van der Waals surface area contributed by atoms with Gasteiger partial charge in [0.25, 0.3) is 0 Å². The number of aliphatic imine (C=N–C) groups is 1. The normalized spacial score (nSPS) is 14.4. The Labute approximate surface area is 185 Å². The van der Waals surface area contributed by atoms with Gasteiger partial charge in [0.2, 0.25) is 5.91 Å². The number of rotatable bonds is 9. The molecular formula is C23H37N5O3. The van der Waals surface area contributed by atoms with Gasteiger partial charge in [-0.15, -0.1) is 0 Å². The van der Waals surface area contributed by atoms with Crippen LogP contribution in [-0.2, 0) is 16.1 Å². The lowest BCUT2D eigenvalue weighted by atomic mass is 9.85. The van der Waals surface area contributed by atoms with Crippen LogP contribution >= 0.6 is 0 Å². The zero-order valence-corrected chi connectivity index (χ0v) is 19.2. The molecule has 2 rings (SSSR count). The number of alkyl carbamates (subject to hydrolysis) is 1. The number of nitrogens with zero attached hydrogens (tertiary/aromatic N) is 1. The molecule has 0 heterocycles. The number of hydrogen-bond donors (Lipinski definition) is 4. The fraction of sp³-hybridized carbons (Fsp3) is 0.609. The molecule has 172 valence electrons. The van der Waals surface area contributed by atoms with E-state index in [2.05, 4.69) is 26.3 Å². The van der Waals surface area contributed by atoms with Crippen molar-refractivity contribution in [1.82, 2.24) is 16.0 Å². The van der Waals surface area contributed by atoms with E-state index in [9.17, 15) is 9.59 Å². The molecule has 0 aromatic heterocycles. The summed E-state index contributed by atoms with van der Waals surface area (Å²) in [6.07, 6.45) is 3.45. The first-order valence-electron chi connectivity index (χ1n) is 11.2. The van der Waals surface area contributed by atoms with E-state index in [4.69, 9.17) is 4.74 Å². The van der Waals surface area contributed by atoms with E-state index < -0.39 is 11.7 Å². The quantitative estimate of drug-likeness (QED) is 0.273. The Morgan fingerprint density at radius 3 is 2.52 bits per heavy atom. The van der Waals surface area contributed by atoms with Crippen LogP contribution in [0.5, 0.6) is 0 Å². The Hall–Kier alpha value is -2.77. The predicted octanol–water partition coefficient (Wildman–Crippen LogP) is 3.40. The highest BCUT2D eigenvalue weighted by atomic mass is 16.6. The maximum absolute atomic E-state index is 12.1. The summed E-state index contributed by atoms with van der Waals surface area (Å²) in [4.78, 5) is 28.4. The number of hydrogen-bond acceptors (Lipinski definition) is 4. The molecule has 0 spiro atoms. The number of ether oxygens (including phenoxy) is 1. The molecule has 0 atom stereocenters. The van der Waals surface area contributed by atoms with Crippen molar-refractivity contribution in [1.29, 1.82) is 0 Å². The van der Waals surface area contributed by atoms with E-state index >= 15 is 0 Å². The summed E-state index contributed by atoms with van der Waals surface area (Å²) < 4.78 is 5.21. The molecule has 0 saturated heterocycles. The van der Waals surface area contributed by atoms with Crippen LogP contribution in [0.25, 0.3) is 0 Å². The van der Waals surface area contributed by atoms with Gasteiger partial charge in [-0.3, -0.25) is 4.79 Å². The lowest BCUT2D eigenvalue weighted by Gasteiger charge is -2.24. The summed E-state index contributed by atoms with van der Waals surface area (Å²) in [5, 5.41) is 12.2. The average Bonchev–Trinajstić information content (AvgIpc) is 2.63. The molecule has 1 fully saturated rings. The summed E-state index contributed by atoms with van der Waals surface area (Å²) >= 11 is 0. The molecule has 0 unspecified atom stereocenters. The van der Waals surface area contributed by atoms with Gasteiger partial charge >= 0.3 is 6.09 Å². The third-order valence-corrected chi connectivity index (χ3v) is 4.75. The Morgan fingerprint density at radius 2 is 1.87 bits per heavy atom. The first kappa shape index (κ1) is 24.5. The van der Waals surface area contributed by atoms with Gasteiger partial charge in [-0.2, -0.15) is 0 Å². The number of nitrogens with one attached hydrogen (secondary N) is 4. The fourth-order valence-corrected chi connectivity index (χ4v) is 2.97. The van der Waals surface area contributed by atoms with Gasteiger partial charge < -0.3 is 26.0 Å². The summed E-state index contributed by atoms with van der Waals surface area (Å²) in [5.41, 5.74) is 1.34. The number of carbonyl (C=O) groups is 2. The van der Waals surface area contributed by atoms with Crippen molar-refractivity contribution in [2.45, 2.75) is 65.5 Å². The Bertz CT molecular complexity index is 754. The van der Waals surface area contributed by atoms with E-state index in [0.29, 0.717) is 25.6 Å². The standard InChI is InChI=1S/C23H37N5O3/c1-5-24-21(25-13-8-14-26-22(30)31-23(2,3)4)27-16-17-9-6-12-19(15-17)28-20(29)18-10-7-11-18/h6,9,12,15,18H,5,7-8,10-11,13-14,16H2,1-4H3,(H,26,30)(H,28,29)(H2,24,25,27). The van der Waals surface area contributed by atoms with Crippen LogP contribution in [0.2, 0.25) is 0 Å². The van der Waals surface area contributed by atoms with Gasteiger partial charge in [-0.1, -0.05) is 18.6 Å². The third-order valence-electron chi connectivity index (χ3n) is 4.75. The number of anilines is 1. The van der Waals surface area contributed by atoms with E-state index in [1.807, 2.05) is 52.0 Å². The number of benzene rings is 1. The minimum atomic E-state index is -0.496. The number of guanidine groups is 1. The largest absolute Gasteiger partial charge is 0.444 e. The molecule has 1 aliphatic carbocycles. The molecule has 1 aromatic rings. The molecule has 1 aromatic carbocycles. The summed E-state index contributed by atoms with van der Waals surface area (Å²) in [5.74, 6) is 0.988. The van der Waals surface area contributed by atoms with Gasteiger partial charge in [0.15, 0.2) is 5.96 Å². The van der Waals surface area contributed by atoms with Crippen molar-refractivity contribution in [3.8, 4) is 0 Å². The highest BCUT2D eigenvalue weighted by Gasteiger charge is 2.25. The average molecular weight is 432 g/mol. The van der Waals surface area contributed by atoms with Crippen molar-refractivity contribution < 1.29 is 14.3 Å². The maximum Gasteiger partial charge on any atom is 0.407 e. The van der Waals surface area contributed by atoms with E-state index in [-0.39, 0.29) is 11.8 Å². The van der Waals surface area contributed by atoms with Crippen molar-refractivity contribution in [2.24, 2.45) is 10.9 Å². The van der Waals surface area contributed by atoms with Gasteiger partial charge in [-0.05, 0) is 64.7 Å². The van der Waals surface area contributed by atoms with E-state index in [1.165, 1.54) is 0 Å². The summed E-state index contributed by atoms with van der Waals surface area (Å²) in [7, 11) is 0. The molecule has 0 aliphatic heterocycles. The van der Waals surface area contributed by atoms with Gasteiger partial charge in [0.05, 0.1) is 6.54 Å². The SMILES string of the molecule is CCNC(=NCc1cccc(NC(=O)C2CCC2)c1)NCCCNC(=O)OC(C)(C)C. The molecule has 0 radical (unpaired) electrons. The number of carbonyl (C=O) groups excluding carboxylic acids is 2. The molecule has 4 N–H and O–H groups in total. The fourth-order valence-electron chi connectivity index (χ4n) is 2.97. The minimum Gasteiger partial charge on any atom is -0.444 e. The second-order valence-corrected chi connectivity index (χ2v) is 8.72. The van der Waals surface area contributed by atoms with Crippen LogP contribution in [0, 0.1) is 5.92 Å². The van der Waals surface area contributed by atoms with Crippen LogP contribution in [0.1, 0.15) is 58.9 Å². The summed E-state index contributed by atoms with van der Waals surface area (Å²) in [6, 6.07) is 7.81. The molecule has 8 heteroatoms.